The van der Waals surface area contributed by atoms with Gasteiger partial charge in [0.25, 0.3) is 0 Å². The number of hydrogen-bond donors (Lipinski definition) is 14. The van der Waals surface area contributed by atoms with Crippen molar-refractivity contribution in [3.8, 4) is 0 Å². The van der Waals surface area contributed by atoms with Crippen LogP contribution in [0.4, 0.5) is 0 Å². The molecule has 4 fully saturated rings. The summed E-state index contributed by atoms with van der Waals surface area (Å²) in [5, 5.41) is 110. The lowest BCUT2D eigenvalue weighted by molar-refractivity contribution is -0.368. The molecule has 20 unspecified atom stereocenters. The van der Waals surface area contributed by atoms with Crippen LogP contribution in [0.3, 0.4) is 0 Å². The Morgan fingerprint density at radius 3 is 1.38 bits per heavy atom. The zero-order valence-electron chi connectivity index (χ0n) is 31.1. The van der Waals surface area contributed by atoms with Crippen molar-refractivity contribution in [2.45, 2.75) is 137 Å². The predicted molar refractivity (Wildman–Crippen MR) is 179 cm³/mol. The molecule has 0 saturated carbocycles. The molecule has 2 amide bonds. The predicted octanol–water partition coefficient (Wildman–Crippen LogP) is -9.62. The lowest BCUT2D eigenvalue weighted by Crippen LogP contribution is -2.70. The number of aliphatic hydroxyl groups is 8. The van der Waals surface area contributed by atoms with Gasteiger partial charge in [0, 0.05) is 13.8 Å². The summed E-state index contributed by atoms with van der Waals surface area (Å²) in [6.45, 7) is -0.755. The molecular weight excluding hydrogens is 892 g/mol. The van der Waals surface area contributed by atoms with Crippen molar-refractivity contribution in [2.24, 2.45) is 0 Å². The number of rotatable bonds is 16. The van der Waals surface area contributed by atoms with E-state index in [2.05, 4.69) is 19.0 Å². The Labute approximate surface area is 342 Å². The van der Waals surface area contributed by atoms with Gasteiger partial charge >= 0.3 is 32.7 Å². The van der Waals surface area contributed by atoms with Crippen molar-refractivity contribution in [3.05, 3.63) is 0 Å². The van der Waals surface area contributed by atoms with Gasteiger partial charge in [0.2, 0.25) is 11.8 Å². The van der Waals surface area contributed by atoms with Gasteiger partial charge in [-0.3, -0.25) is 18.7 Å². The average Bonchev–Trinajstić information content (AvgIpc) is 3.13. The summed E-state index contributed by atoms with van der Waals surface area (Å²) in [6.07, 6.45) is -40.8. The second-order valence-corrected chi connectivity index (χ2v) is 15.9. The van der Waals surface area contributed by atoms with Crippen molar-refractivity contribution in [3.63, 3.8) is 0 Å². The van der Waals surface area contributed by atoms with Crippen molar-refractivity contribution in [2.75, 3.05) is 13.2 Å². The van der Waals surface area contributed by atoms with E-state index in [1.165, 1.54) is 0 Å². The summed E-state index contributed by atoms with van der Waals surface area (Å²) in [5.74, 6) is -5.84. The highest BCUT2D eigenvalue weighted by Crippen LogP contribution is 2.35. The minimum Gasteiger partial charge on any atom is -0.479 e. The molecule has 352 valence electrons. The van der Waals surface area contributed by atoms with E-state index in [0.29, 0.717) is 0 Å². The van der Waals surface area contributed by atoms with Gasteiger partial charge in [0.1, 0.15) is 85.3 Å². The van der Waals surface area contributed by atoms with Gasteiger partial charge in [0.15, 0.2) is 37.4 Å². The molecule has 20 atom stereocenters. The minimum atomic E-state index is -5.32. The monoisotopic (exact) mass is 936 g/mol. The molecule has 0 spiro atoms. The quantitative estimate of drug-likeness (QED) is 0.0639. The van der Waals surface area contributed by atoms with Crippen molar-refractivity contribution < 1.29 is 138 Å². The fraction of sp³-hybridized carbons (Fsp3) is 0.857. The van der Waals surface area contributed by atoms with Crippen LogP contribution in [-0.4, -0.2) is 237 Å². The van der Waals surface area contributed by atoms with Gasteiger partial charge in [-0.15, -0.1) is 0 Å². The van der Waals surface area contributed by atoms with Gasteiger partial charge < -0.3 is 94.9 Å². The van der Waals surface area contributed by atoms with E-state index in [1.807, 2.05) is 0 Å². The first-order valence-corrected chi connectivity index (χ1v) is 20.1. The second kappa shape index (κ2) is 20.2. The van der Waals surface area contributed by atoms with E-state index < -0.39 is 180 Å². The number of carbonyl (C=O) groups excluding carboxylic acids is 2. The van der Waals surface area contributed by atoms with Gasteiger partial charge in [0.05, 0.1) is 13.2 Å². The van der Waals surface area contributed by atoms with Crippen molar-refractivity contribution in [1.29, 1.82) is 0 Å². The molecule has 14 N–H and O–H groups in total. The Bertz CT molecular complexity index is 1790. The summed E-state index contributed by atoms with van der Waals surface area (Å²) in [5.41, 5.74) is 0. The van der Waals surface area contributed by atoms with Crippen LogP contribution >= 0.6 is 0 Å². The van der Waals surface area contributed by atoms with Crippen LogP contribution in [0.2, 0.25) is 0 Å². The molecule has 0 radical (unpaired) electrons. The highest BCUT2D eigenvalue weighted by molar-refractivity contribution is 7.81. The summed E-state index contributed by atoms with van der Waals surface area (Å²) < 4.78 is 110. The normalized spacial score (nSPS) is 42.3. The highest BCUT2D eigenvalue weighted by Gasteiger charge is 2.58. The number of carboxylic acids is 2. The molecule has 0 aromatic carbocycles. The van der Waals surface area contributed by atoms with E-state index in [-0.39, 0.29) is 0 Å². The summed E-state index contributed by atoms with van der Waals surface area (Å²) in [4.78, 5) is 48.9. The zero-order chi connectivity index (χ0) is 46.0. The zero-order valence-corrected chi connectivity index (χ0v) is 32.7. The first kappa shape index (κ1) is 50.7. The highest BCUT2D eigenvalue weighted by atomic mass is 32.3. The number of hydrogen-bond acceptors (Lipinski definition) is 25. The first-order chi connectivity index (χ1) is 28.1. The van der Waals surface area contributed by atoms with Gasteiger partial charge in [-0.2, -0.15) is 16.8 Å². The Morgan fingerprint density at radius 2 is 0.918 bits per heavy atom. The Kier molecular flexibility index (Phi) is 16.8. The molecule has 4 heterocycles. The molecule has 33 heteroatoms. The standard InChI is InChI=1S/C28H44N2O29S2/c1-5(31)29-9-13(35)11(33)7(3-51-60(45,46)47)53-26(9)57-20-15(37)17(39)28(59-22(20)24(42)43)56-18-10(30-6(2)32)27(54-8(12(18)34)4-52-61(48,49)50)58-19-14(36)16(38)25(44)55-21(19)23(40)41/h7-22,25-28,33-39,44H,3-4H2,1-2H3,(H,29,31)(H,30,32)(H,40,41)(H,42,43)(H,45,46,47)(H,48,49,50). The fourth-order valence-electron chi connectivity index (χ4n) is 6.57. The van der Waals surface area contributed by atoms with E-state index in [1.54, 1.807) is 0 Å². The third-order valence-corrected chi connectivity index (χ3v) is 10.2. The van der Waals surface area contributed by atoms with E-state index >= 15 is 0 Å². The maximum absolute atomic E-state index is 12.6. The number of amides is 2. The average molecular weight is 937 g/mol. The second-order valence-electron chi connectivity index (χ2n) is 13.7. The third-order valence-electron chi connectivity index (χ3n) is 9.34. The summed E-state index contributed by atoms with van der Waals surface area (Å²) in [7, 11) is -10.5. The molecule has 4 rings (SSSR count). The van der Waals surface area contributed by atoms with Gasteiger partial charge in [-0.05, 0) is 0 Å². The summed E-state index contributed by atoms with van der Waals surface area (Å²) >= 11 is 0. The molecule has 0 bridgehead atoms. The topological polar surface area (TPSA) is 486 Å². The SMILES string of the molecule is CC(=O)NC1C(OC2C(C(=O)O)OC(OC3C(O)C(COS(=O)(=O)O)OC(OC4C(C(=O)O)OC(O)C(O)C4O)C3NC(C)=O)C(O)C2O)OC(COS(=O)(=O)O)C(O)C1O. The Morgan fingerprint density at radius 1 is 0.508 bits per heavy atom. The van der Waals surface area contributed by atoms with Crippen LogP contribution < -0.4 is 10.6 Å². The van der Waals surface area contributed by atoms with E-state index in [0.717, 1.165) is 13.8 Å². The van der Waals surface area contributed by atoms with Crippen molar-refractivity contribution in [1.82, 2.24) is 10.6 Å². The maximum atomic E-state index is 12.6. The number of ether oxygens (including phenoxy) is 7. The molecule has 4 saturated heterocycles. The number of aliphatic hydroxyl groups excluding tert-OH is 8. The molecule has 0 aromatic rings. The lowest BCUT2D eigenvalue weighted by atomic mass is 9.94. The third kappa shape index (κ3) is 12.6. The van der Waals surface area contributed by atoms with Gasteiger partial charge in [-0.1, -0.05) is 0 Å². The lowest BCUT2D eigenvalue weighted by Gasteiger charge is -2.49. The minimum absolute atomic E-state index is 0.863. The van der Waals surface area contributed by atoms with Crippen LogP contribution in [-0.2, 0) is 81.5 Å². The number of aliphatic carboxylic acids is 2. The molecular formula is C28H44N2O29S2. The van der Waals surface area contributed by atoms with E-state index in [4.69, 9.17) is 37.7 Å². The molecule has 61 heavy (non-hydrogen) atoms. The van der Waals surface area contributed by atoms with Crippen LogP contribution in [0.25, 0.3) is 0 Å². The molecule has 0 aliphatic carbocycles. The van der Waals surface area contributed by atoms with Crippen LogP contribution in [0.15, 0.2) is 0 Å². The van der Waals surface area contributed by atoms with E-state index in [9.17, 15) is 91.6 Å². The van der Waals surface area contributed by atoms with Gasteiger partial charge in [-0.25, -0.2) is 18.0 Å². The first-order valence-electron chi connectivity index (χ1n) is 17.4. The summed E-state index contributed by atoms with van der Waals surface area (Å²) in [6, 6.07) is -3.86. The number of nitrogens with one attached hydrogen (secondary N) is 2. The largest absolute Gasteiger partial charge is 0.479 e. The van der Waals surface area contributed by atoms with Crippen LogP contribution in [0.5, 0.6) is 0 Å². The molecule has 31 nitrogen and oxygen atoms in total. The maximum Gasteiger partial charge on any atom is 0.397 e. The van der Waals surface area contributed by atoms with Crippen LogP contribution in [0, 0.1) is 0 Å². The Hall–Kier alpha value is -2.98. The number of carboxylic acid groups (broad SMARTS) is 2. The fourth-order valence-corrected chi connectivity index (χ4v) is 7.18. The van der Waals surface area contributed by atoms with Crippen molar-refractivity contribution >= 4 is 44.6 Å². The number of carbonyl (C=O) groups is 4. The smallest absolute Gasteiger partial charge is 0.397 e. The molecule has 4 aliphatic rings. The molecule has 0 aromatic heterocycles. The molecule has 4 aliphatic heterocycles. The Balaban J connectivity index is 1.68. The van der Waals surface area contributed by atoms with Crippen LogP contribution in [0.1, 0.15) is 13.8 Å².